The minimum Gasteiger partial charge on any atom is -0.444 e. The molecule has 0 radical (unpaired) electrons. The zero-order valence-electron chi connectivity index (χ0n) is 15.2. The van der Waals surface area contributed by atoms with Crippen LogP contribution in [0.1, 0.15) is 52.1 Å². The Morgan fingerprint density at radius 2 is 2.04 bits per heavy atom. The fraction of sp³-hybridized carbons (Fsp3) is 0.579. The van der Waals surface area contributed by atoms with Crippen molar-refractivity contribution in [3.05, 3.63) is 30.0 Å². The first kappa shape index (κ1) is 16.8. The van der Waals surface area contributed by atoms with Crippen LogP contribution in [0.25, 0.3) is 10.9 Å². The van der Waals surface area contributed by atoms with Crippen LogP contribution in [0.4, 0.5) is 4.79 Å². The first-order valence-electron chi connectivity index (χ1n) is 8.66. The smallest absolute Gasteiger partial charge is 0.410 e. The Balaban J connectivity index is 1.90. The number of carbonyl (C=O) groups is 1. The van der Waals surface area contributed by atoms with Crippen LogP contribution >= 0.6 is 0 Å². The van der Waals surface area contributed by atoms with E-state index in [9.17, 15) is 4.79 Å². The molecule has 0 aliphatic carbocycles. The Kier molecular flexibility index (Phi) is 4.28. The van der Waals surface area contributed by atoms with Gasteiger partial charge in [0, 0.05) is 25.2 Å². The van der Waals surface area contributed by atoms with Gasteiger partial charge in [0.15, 0.2) is 0 Å². The van der Waals surface area contributed by atoms with E-state index < -0.39 is 5.60 Å². The summed E-state index contributed by atoms with van der Waals surface area (Å²) in [5, 5.41) is 5.61. The summed E-state index contributed by atoms with van der Waals surface area (Å²) >= 11 is 0. The van der Waals surface area contributed by atoms with Gasteiger partial charge in [0.2, 0.25) is 0 Å². The molecule has 130 valence electrons. The zero-order valence-corrected chi connectivity index (χ0v) is 15.2. The molecular formula is C19H27N3O2. The van der Waals surface area contributed by atoms with Gasteiger partial charge in [-0.25, -0.2) is 4.79 Å². The fourth-order valence-electron chi connectivity index (χ4n) is 3.39. The molecule has 2 atom stereocenters. The van der Waals surface area contributed by atoms with Gasteiger partial charge in [0.25, 0.3) is 0 Å². The van der Waals surface area contributed by atoms with Gasteiger partial charge in [-0.2, -0.15) is 5.10 Å². The number of benzene rings is 1. The van der Waals surface area contributed by atoms with Gasteiger partial charge in [-0.1, -0.05) is 19.1 Å². The predicted molar refractivity (Wildman–Crippen MR) is 94.8 cm³/mol. The van der Waals surface area contributed by atoms with E-state index in [1.165, 1.54) is 0 Å². The molecule has 5 nitrogen and oxygen atoms in total. The van der Waals surface area contributed by atoms with Crippen molar-refractivity contribution in [1.82, 2.24) is 14.7 Å². The highest BCUT2D eigenvalue weighted by molar-refractivity contribution is 5.79. The maximum Gasteiger partial charge on any atom is 0.410 e. The fourth-order valence-corrected chi connectivity index (χ4v) is 3.39. The molecule has 1 amide bonds. The van der Waals surface area contributed by atoms with Crippen LogP contribution in [0.2, 0.25) is 0 Å². The minimum absolute atomic E-state index is 0.0578. The number of hydrogen-bond acceptors (Lipinski definition) is 3. The van der Waals surface area contributed by atoms with Crippen molar-refractivity contribution in [2.45, 2.75) is 52.2 Å². The molecule has 1 aliphatic rings. The van der Waals surface area contributed by atoms with E-state index in [4.69, 9.17) is 4.74 Å². The van der Waals surface area contributed by atoms with Gasteiger partial charge in [0.1, 0.15) is 5.60 Å². The van der Waals surface area contributed by atoms with E-state index in [0.29, 0.717) is 5.92 Å². The van der Waals surface area contributed by atoms with E-state index in [-0.39, 0.29) is 12.1 Å². The lowest BCUT2D eigenvalue weighted by atomic mass is 9.90. The van der Waals surface area contributed by atoms with Gasteiger partial charge >= 0.3 is 6.09 Å². The summed E-state index contributed by atoms with van der Waals surface area (Å²) in [5.74, 6) is 0.493. The van der Waals surface area contributed by atoms with E-state index in [0.717, 1.165) is 35.9 Å². The van der Waals surface area contributed by atoms with Crippen LogP contribution in [-0.4, -0.2) is 32.9 Å². The molecule has 2 heterocycles. The molecule has 3 rings (SSSR count). The molecule has 5 heteroatoms. The minimum atomic E-state index is -0.479. The van der Waals surface area contributed by atoms with Crippen LogP contribution in [0, 0.1) is 5.92 Å². The summed E-state index contributed by atoms with van der Waals surface area (Å²) in [7, 11) is 1.93. The molecule has 1 aromatic carbocycles. The molecule has 0 spiro atoms. The third-order valence-corrected chi connectivity index (χ3v) is 4.48. The average molecular weight is 329 g/mol. The number of aryl methyl sites for hydroxylation is 1. The number of nitrogens with zero attached hydrogens (tertiary/aromatic N) is 3. The third-order valence-electron chi connectivity index (χ3n) is 4.48. The predicted octanol–water partition coefficient (Wildman–Crippen LogP) is 4.28. The Hall–Kier alpha value is -2.04. The quantitative estimate of drug-likeness (QED) is 0.784. The number of carbonyl (C=O) groups excluding carboxylic acids is 1. The summed E-state index contributed by atoms with van der Waals surface area (Å²) in [5.41, 5.74) is 1.63. The maximum atomic E-state index is 12.7. The normalized spacial score (nSPS) is 22.0. The highest BCUT2D eigenvalue weighted by Crippen LogP contribution is 2.35. The lowest BCUT2D eigenvalue weighted by Gasteiger charge is -2.39. The number of fused-ring (bicyclic) bond motifs is 1. The Bertz CT molecular complexity index is 745. The van der Waals surface area contributed by atoms with Gasteiger partial charge in [0.05, 0.1) is 11.6 Å². The molecule has 2 aromatic rings. The average Bonchev–Trinajstić information content (AvgIpc) is 2.84. The molecule has 24 heavy (non-hydrogen) atoms. The van der Waals surface area contributed by atoms with E-state index in [1.807, 2.05) is 43.6 Å². The molecule has 0 N–H and O–H groups in total. The summed E-state index contributed by atoms with van der Waals surface area (Å²) < 4.78 is 7.46. The zero-order chi connectivity index (χ0) is 17.5. The topological polar surface area (TPSA) is 47.4 Å². The van der Waals surface area contributed by atoms with E-state index in [1.54, 1.807) is 0 Å². The van der Waals surface area contributed by atoms with Gasteiger partial charge in [-0.05, 0) is 51.2 Å². The van der Waals surface area contributed by atoms with Gasteiger partial charge in [-0.15, -0.1) is 0 Å². The number of rotatable bonds is 1. The second-order valence-electron chi connectivity index (χ2n) is 7.95. The molecule has 1 aromatic heterocycles. The van der Waals surface area contributed by atoms with Crippen LogP contribution in [0.15, 0.2) is 24.4 Å². The lowest BCUT2D eigenvalue weighted by molar-refractivity contribution is 0.00365. The van der Waals surface area contributed by atoms with Gasteiger partial charge < -0.3 is 9.64 Å². The summed E-state index contributed by atoms with van der Waals surface area (Å²) in [6.45, 7) is 8.66. The highest BCUT2D eigenvalue weighted by Gasteiger charge is 2.34. The van der Waals surface area contributed by atoms with E-state index >= 15 is 0 Å². The van der Waals surface area contributed by atoms with Crippen molar-refractivity contribution in [1.29, 1.82) is 0 Å². The molecular weight excluding hydrogens is 302 g/mol. The summed E-state index contributed by atoms with van der Waals surface area (Å²) in [6.07, 6.45) is 3.86. The van der Waals surface area contributed by atoms with Crippen molar-refractivity contribution in [2.75, 3.05) is 6.54 Å². The van der Waals surface area contributed by atoms with Crippen molar-refractivity contribution < 1.29 is 9.53 Å². The second-order valence-corrected chi connectivity index (χ2v) is 7.95. The molecule has 0 saturated carbocycles. The summed E-state index contributed by atoms with van der Waals surface area (Å²) in [4.78, 5) is 14.6. The first-order chi connectivity index (χ1) is 11.2. The number of ether oxygens (including phenoxy) is 1. The number of hydrogen-bond donors (Lipinski definition) is 0. The van der Waals surface area contributed by atoms with Crippen molar-refractivity contribution in [3.8, 4) is 0 Å². The standard InChI is InChI=1S/C19H27N3O2/c1-13-6-9-17(22(11-13)18(23)24-19(2,3)4)14-7-8-15-12-21(5)20-16(15)10-14/h7-8,10,12-13,17H,6,9,11H2,1-5H3/t13-,17+/m0/s1. The molecule has 0 unspecified atom stereocenters. The first-order valence-corrected chi connectivity index (χ1v) is 8.66. The molecule has 1 saturated heterocycles. The Labute approximate surface area is 143 Å². The number of piperidine rings is 1. The highest BCUT2D eigenvalue weighted by atomic mass is 16.6. The Morgan fingerprint density at radius 3 is 2.75 bits per heavy atom. The maximum absolute atomic E-state index is 12.7. The largest absolute Gasteiger partial charge is 0.444 e. The summed E-state index contributed by atoms with van der Waals surface area (Å²) in [6, 6.07) is 6.36. The number of amides is 1. The molecule has 1 fully saturated rings. The second kappa shape index (κ2) is 6.11. The number of aromatic nitrogens is 2. The van der Waals surface area contributed by atoms with Crippen molar-refractivity contribution in [2.24, 2.45) is 13.0 Å². The van der Waals surface area contributed by atoms with E-state index in [2.05, 4.69) is 30.2 Å². The molecule has 0 bridgehead atoms. The third kappa shape index (κ3) is 3.55. The van der Waals surface area contributed by atoms with Crippen LogP contribution in [0.3, 0.4) is 0 Å². The monoisotopic (exact) mass is 329 g/mol. The van der Waals surface area contributed by atoms with Crippen LogP contribution in [0.5, 0.6) is 0 Å². The van der Waals surface area contributed by atoms with Gasteiger partial charge in [-0.3, -0.25) is 4.68 Å². The Morgan fingerprint density at radius 1 is 1.29 bits per heavy atom. The number of likely N-dealkylation sites (tertiary alicyclic amines) is 1. The lowest BCUT2D eigenvalue weighted by Crippen LogP contribution is -2.44. The van der Waals surface area contributed by atoms with Crippen LogP contribution < -0.4 is 0 Å². The van der Waals surface area contributed by atoms with Crippen LogP contribution in [-0.2, 0) is 11.8 Å². The van der Waals surface area contributed by atoms with Crippen molar-refractivity contribution in [3.63, 3.8) is 0 Å². The molecule has 1 aliphatic heterocycles. The van der Waals surface area contributed by atoms with Crippen molar-refractivity contribution >= 4 is 17.0 Å². The SMILES string of the molecule is C[C@H]1CC[C@H](c2ccc3cn(C)nc3c2)N(C(=O)OC(C)(C)C)C1.